The molecule has 1 fully saturated rings. The normalized spacial score (nSPS) is 25.1. The van der Waals surface area contributed by atoms with Crippen molar-refractivity contribution < 1.29 is 0 Å². The molecular weight excluding hydrogens is 86.9 g/mol. The van der Waals surface area contributed by atoms with Crippen molar-refractivity contribution in [3.05, 3.63) is 0 Å². The molecule has 0 saturated carbocycles. The number of nitrogens with zero attached hydrogens (tertiary/aromatic N) is 1. The van der Waals surface area contributed by atoms with E-state index in [9.17, 15) is 0 Å². The van der Waals surface area contributed by atoms with Crippen LogP contribution in [-0.2, 0) is 0 Å². The van der Waals surface area contributed by atoms with E-state index in [1.54, 1.807) is 0 Å². The lowest BCUT2D eigenvalue weighted by molar-refractivity contribution is 0.383. The summed E-state index contributed by atoms with van der Waals surface area (Å²) in [4.78, 5) is 2.33. The Balaban J connectivity index is 2.12. The SMILES string of the molecule is BN1CCNCC1. The lowest BCUT2D eigenvalue weighted by Gasteiger charge is -2.22. The first-order valence-corrected chi connectivity index (χ1v) is 2.79. The highest BCUT2D eigenvalue weighted by atomic mass is 15.1. The van der Waals surface area contributed by atoms with Crippen LogP contribution in [0.4, 0.5) is 0 Å². The molecule has 7 heavy (non-hydrogen) atoms. The highest BCUT2D eigenvalue weighted by molar-refractivity contribution is 6.04. The van der Waals surface area contributed by atoms with Gasteiger partial charge in [0.05, 0.1) is 0 Å². The van der Waals surface area contributed by atoms with Crippen LogP contribution in [0.5, 0.6) is 0 Å². The molecule has 1 aliphatic rings. The summed E-state index contributed by atoms with van der Waals surface area (Å²) < 4.78 is 0. The van der Waals surface area contributed by atoms with Gasteiger partial charge in [-0.05, 0) is 13.1 Å². The fourth-order valence-electron chi connectivity index (χ4n) is 0.777. The minimum atomic E-state index is 1.16. The van der Waals surface area contributed by atoms with Crippen molar-refractivity contribution in [1.82, 2.24) is 10.1 Å². The minimum Gasteiger partial charge on any atom is -0.347 e. The van der Waals surface area contributed by atoms with Crippen molar-refractivity contribution in [3.63, 3.8) is 0 Å². The summed E-state index contributed by atoms with van der Waals surface area (Å²) in [7, 11) is 2.15. The average Bonchev–Trinajstić information content (AvgIpc) is 1.69. The Kier molecular flexibility index (Phi) is 1.71. The van der Waals surface area contributed by atoms with Crippen molar-refractivity contribution in [2.45, 2.75) is 0 Å². The zero-order chi connectivity index (χ0) is 5.11. The van der Waals surface area contributed by atoms with Crippen molar-refractivity contribution in [1.29, 1.82) is 0 Å². The van der Waals surface area contributed by atoms with Crippen LogP contribution < -0.4 is 5.32 Å². The summed E-state index contributed by atoms with van der Waals surface area (Å²) in [6.07, 6.45) is 0. The summed E-state index contributed by atoms with van der Waals surface area (Å²) in [5.41, 5.74) is 0. The van der Waals surface area contributed by atoms with E-state index < -0.39 is 0 Å². The summed E-state index contributed by atoms with van der Waals surface area (Å²) in [5, 5.41) is 3.27. The van der Waals surface area contributed by atoms with Crippen molar-refractivity contribution >= 4 is 7.98 Å². The minimum absolute atomic E-state index is 1.16. The second-order valence-electron chi connectivity index (χ2n) is 2.05. The summed E-state index contributed by atoms with van der Waals surface area (Å²) >= 11 is 0. The van der Waals surface area contributed by atoms with Crippen molar-refractivity contribution in [3.8, 4) is 0 Å². The maximum absolute atomic E-state index is 3.27. The highest BCUT2D eigenvalue weighted by Gasteiger charge is 2.00. The van der Waals surface area contributed by atoms with Gasteiger partial charge in [0.2, 0.25) is 0 Å². The standard InChI is InChI=1S/C4H11BN2/c5-7-3-1-6-2-4-7/h6H,1-5H2. The molecule has 0 aromatic heterocycles. The maximum atomic E-state index is 3.27. The summed E-state index contributed by atoms with van der Waals surface area (Å²) in [6.45, 7) is 4.74. The molecule has 0 bridgehead atoms. The topological polar surface area (TPSA) is 15.3 Å². The zero-order valence-electron chi connectivity index (χ0n) is 4.78. The molecule has 0 aliphatic carbocycles. The second-order valence-corrected chi connectivity index (χ2v) is 2.05. The molecule has 0 amide bonds. The third-order valence-electron chi connectivity index (χ3n) is 1.34. The third kappa shape index (κ3) is 1.49. The van der Waals surface area contributed by atoms with Gasteiger partial charge in [-0.25, -0.2) is 0 Å². The van der Waals surface area contributed by atoms with Gasteiger partial charge >= 0.3 is 0 Å². The zero-order valence-corrected chi connectivity index (χ0v) is 4.78. The van der Waals surface area contributed by atoms with Gasteiger partial charge in [0.25, 0.3) is 0 Å². The summed E-state index contributed by atoms with van der Waals surface area (Å²) in [6, 6.07) is 0. The van der Waals surface area contributed by atoms with Crippen LogP contribution in [-0.4, -0.2) is 39.0 Å². The molecule has 0 spiro atoms. The first-order chi connectivity index (χ1) is 3.39. The van der Waals surface area contributed by atoms with Gasteiger partial charge in [0.1, 0.15) is 0 Å². The Morgan fingerprint density at radius 3 is 2.14 bits per heavy atom. The van der Waals surface area contributed by atoms with Crippen LogP contribution in [0.2, 0.25) is 0 Å². The fraction of sp³-hybridized carbons (Fsp3) is 1.00. The van der Waals surface area contributed by atoms with E-state index in [0.717, 1.165) is 13.1 Å². The molecule has 1 N–H and O–H groups in total. The Morgan fingerprint density at radius 1 is 1.29 bits per heavy atom. The number of rotatable bonds is 0. The van der Waals surface area contributed by atoms with Crippen molar-refractivity contribution in [2.24, 2.45) is 0 Å². The van der Waals surface area contributed by atoms with E-state index in [2.05, 4.69) is 18.1 Å². The van der Waals surface area contributed by atoms with E-state index in [0.29, 0.717) is 0 Å². The first kappa shape index (κ1) is 5.13. The van der Waals surface area contributed by atoms with Crippen LogP contribution in [0, 0.1) is 0 Å². The van der Waals surface area contributed by atoms with Gasteiger partial charge in [0, 0.05) is 13.1 Å². The maximum Gasteiger partial charge on any atom is 0.185 e. The number of hydrogen-bond donors (Lipinski definition) is 1. The fourth-order valence-corrected chi connectivity index (χ4v) is 0.777. The molecule has 1 saturated heterocycles. The van der Waals surface area contributed by atoms with E-state index in [1.807, 2.05) is 0 Å². The van der Waals surface area contributed by atoms with Crippen LogP contribution in [0.25, 0.3) is 0 Å². The molecule has 0 radical (unpaired) electrons. The predicted molar refractivity (Wildman–Crippen MR) is 33.0 cm³/mol. The lowest BCUT2D eigenvalue weighted by Crippen LogP contribution is -2.41. The van der Waals surface area contributed by atoms with Gasteiger partial charge in [0.15, 0.2) is 7.98 Å². The Labute approximate surface area is 45.3 Å². The molecule has 3 heteroatoms. The second kappa shape index (κ2) is 2.33. The van der Waals surface area contributed by atoms with Gasteiger partial charge in [-0.2, -0.15) is 0 Å². The molecule has 40 valence electrons. The average molecular weight is 98.0 g/mol. The van der Waals surface area contributed by atoms with Crippen LogP contribution >= 0.6 is 0 Å². The number of hydrogen-bond acceptors (Lipinski definition) is 2. The molecule has 0 aromatic carbocycles. The largest absolute Gasteiger partial charge is 0.347 e. The molecule has 1 aliphatic heterocycles. The van der Waals surface area contributed by atoms with E-state index in [4.69, 9.17) is 0 Å². The van der Waals surface area contributed by atoms with Gasteiger partial charge < -0.3 is 10.1 Å². The van der Waals surface area contributed by atoms with E-state index in [-0.39, 0.29) is 0 Å². The van der Waals surface area contributed by atoms with Crippen LogP contribution in [0.15, 0.2) is 0 Å². The number of piperazine rings is 1. The molecule has 0 aromatic rings. The van der Waals surface area contributed by atoms with Crippen LogP contribution in [0.3, 0.4) is 0 Å². The monoisotopic (exact) mass is 98.1 g/mol. The van der Waals surface area contributed by atoms with Gasteiger partial charge in [-0.15, -0.1) is 0 Å². The van der Waals surface area contributed by atoms with E-state index in [1.165, 1.54) is 13.1 Å². The molecule has 0 unspecified atom stereocenters. The molecule has 1 rings (SSSR count). The highest BCUT2D eigenvalue weighted by Crippen LogP contribution is 1.81. The van der Waals surface area contributed by atoms with Gasteiger partial charge in [-0.1, -0.05) is 0 Å². The molecule has 0 atom stereocenters. The number of nitrogens with one attached hydrogen (secondary N) is 1. The molecule has 2 nitrogen and oxygen atoms in total. The predicted octanol–water partition coefficient (Wildman–Crippen LogP) is -1.56. The lowest BCUT2D eigenvalue weighted by atomic mass is 10.2. The summed E-state index contributed by atoms with van der Waals surface area (Å²) in [5.74, 6) is 0. The Bertz CT molecular complexity index is 51.7. The Morgan fingerprint density at radius 2 is 1.86 bits per heavy atom. The third-order valence-corrected chi connectivity index (χ3v) is 1.34. The van der Waals surface area contributed by atoms with Crippen LogP contribution in [0.1, 0.15) is 0 Å². The molecule has 1 heterocycles. The first-order valence-electron chi connectivity index (χ1n) is 2.79. The smallest absolute Gasteiger partial charge is 0.185 e. The van der Waals surface area contributed by atoms with Gasteiger partial charge in [-0.3, -0.25) is 0 Å². The van der Waals surface area contributed by atoms with Crippen molar-refractivity contribution in [2.75, 3.05) is 26.2 Å². The van der Waals surface area contributed by atoms with E-state index >= 15 is 0 Å². The molecular formula is C4H11BN2. The Hall–Kier alpha value is -0.0151. The quantitative estimate of drug-likeness (QED) is 0.368.